The number of aromatic nitrogens is 2. The number of hydrogen-bond donors (Lipinski definition) is 1. The molecule has 4 aromatic rings. The number of fused-ring (bicyclic) bond motifs is 1. The number of likely N-dealkylation sites (tertiary alicyclic amines) is 1. The fraction of sp³-hybridized carbons (Fsp3) is 0.406. The van der Waals surface area contributed by atoms with E-state index in [1.54, 1.807) is 17.3 Å². The van der Waals surface area contributed by atoms with Crippen LogP contribution in [0.4, 0.5) is 18.0 Å². The topological polar surface area (TPSA) is 99.7 Å². The second-order valence-corrected chi connectivity index (χ2v) is 14.2. The first-order valence-electron chi connectivity index (χ1n) is 14.5. The summed E-state index contributed by atoms with van der Waals surface area (Å²) in [5, 5.41) is 1.00. The third-order valence-corrected chi connectivity index (χ3v) is 9.92. The average Bonchev–Trinajstić information content (AvgIpc) is 3.59. The summed E-state index contributed by atoms with van der Waals surface area (Å²) in [6, 6.07) is 12.8. The van der Waals surface area contributed by atoms with Gasteiger partial charge in [0.15, 0.2) is 0 Å². The van der Waals surface area contributed by atoms with Crippen LogP contribution in [0.3, 0.4) is 0 Å². The Morgan fingerprint density at radius 3 is 2.49 bits per heavy atom. The van der Waals surface area contributed by atoms with Crippen molar-refractivity contribution in [1.82, 2.24) is 14.5 Å². The van der Waals surface area contributed by atoms with Crippen molar-refractivity contribution in [1.29, 1.82) is 0 Å². The number of amides is 2. The summed E-state index contributed by atoms with van der Waals surface area (Å²) in [6.07, 6.45) is -2.43. The molecule has 45 heavy (non-hydrogen) atoms. The van der Waals surface area contributed by atoms with Gasteiger partial charge in [-0.2, -0.15) is 24.9 Å². The van der Waals surface area contributed by atoms with Gasteiger partial charge in [0.1, 0.15) is 33.7 Å². The van der Waals surface area contributed by atoms with Crippen molar-refractivity contribution in [2.45, 2.75) is 69.4 Å². The number of benzene rings is 2. The summed E-state index contributed by atoms with van der Waals surface area (Å²) in [6.45, 7) is 8.40. The monoisotopic (exact) mass is 660 g/mol. The Morgan fingerprint density at radius 2 is 1.82 bits per heavy atom. The first-order chi connectivity index (χ1) is 21.2. The van der Waals surface area contributed by atoms with Gasteiger partial charge in [0, 0.05) is 35.7 Å². The quantitative estimate of drug-likeness (QED) is 0.206. The second kappa shape index (κ2) is 13.0. The Bertz CT molecular complexity index is 1690. The highest BCUT2D eigenvalue weighted by atomic mass is 32.2. The van der Waals surface area contributed by atoms with Crippen LogP contribution < -0.4 is 10.5 Å². The van der Waals surface area contributed by atoms with Gasteiger partial charge >= 0.3 is 12.3 Å². The molecule has 5 rings (SSSR count). The fourth-order valence-corrected chi connectivity index (χ4v) is 7.25. The third kappa shape index (κ3) is 7.75. The molecular formula is C32H35F3N4O4S2. The van der Waals surface area contributed by atoms with Gasteiger partial charge in [0.2, 0.25) is 0 Å². The summed E-state index contributed by atoms with van der Waals surface area (Å²) >= 11 is 2.93. The van der Waals surface area contributed by atoms with E-state index in [9.17, 15) is 22.8 Å². The van der Waals surface area contributed by atoms with Crippen LogP contribution in [-0.4, -0.2) is 50.4 Å². The molecular weight excluding hydrogens is 626 g/mol. The Kier molecular flexibility index (Phi) is 9.41. The number of alkyl halides is 3. The molecule has 2 N–H and O–H groups in total. The number of nitrogens with two attached hydrogens (primary N) is 1. The minimum atomic E-state index is -4.55. The fourth-order valence-electron chi connectivity index (χ4n) is 5.17. The molecule has 0 bridgehead atoms. The number of carbonyl (C=O) groups excluding carboxylic acids is 2. The zero-order chi connectivity index (χ0) is 32.5. The molecule has 1 saturated heterocycles. The number of thioether (sulfide) groups is 1. The van der Waals surface area contributed by atoms with E-state index >= 15 is 0 Å². The van der Waals surface area contributed by atoms with E-state index in [1.807, 2.05) is 55.3 Å². The number of thiophene rings is 1. The summed E-state index contributed by atoms with van der Waals surface area (Å²) in [5.41, 5.74) is 6.94. The molecule has 0 unspecified atom stereocenters. The van der Waals surface area contributed by atoms with Crippen molar-refractivity contribution in [3.63, 3.8) is 0 Å². The minimum Gasteiger partial charge on any atom is -0.484 e. The number of carbonyl (C=O) groups is 2. The highest BCUT2D eigenvalue weighted by molar-refractivity contribution is 7.99. The van der Waals surface area contributed by atoms with E-state index in [1.165, 1.54) is 25.1 Å². The number of rotatable bonds is 8. The van der Waals surface area contributed by atoms with Crippen molar-refractivity contribution in [3.8, 4) is 10.8 Å². The molecule has 1 atom stereocenters. The summed E-state index contributed by atoms with van der Waals surface area (Å²) in [7, 11) is 0. The molecule has 13 heteroatoms. The number of imidazole rings is 1. The number of nitrogens with zero attached hydrogens (tertiary/aromatic N) is 3. The molecule has 0 radical (unpaired) electrons. The van der Waals surface area contributed by atoms with Gasteiger partial charge in [0.05, 0.1) is 16.6 Å². The van der Waals surface area contributed by atoms with Crippen molar-refractivity contribution < 1.29 is 32.2 Å². The van der Waals surface area contributed by atoms with Crippen LogP contribution in [0.5, 0.6) is 5.75 Å². The Labute approximate surface area is 267 Å². The molecule has 1 fully saturated rings. The van der Waals surface area contributed by atoms with Gasteiger partial charge in [-0.3, -0.25) is 9.36 Å². The SMILES string of the molecule is C[C@@H](Oc1cc(-n2cnc3ccc(CSC4CCN(C(=O)OC(C)(C)C)CC4)cc32)sc1C(N)=O)c1ccccc1C(F)(F)F. The molecule has 0 aliphatic carbocycles. The Balaban J connectivity index is 1.30. The molecule has 0 saturated carbocycles. The average molecular weight is 661 g/mol. The number of halogens is 3. The normalized spacial score (nSPS) is 15.3. The largest absolute Gasteiger partial charge is 0.484 e. The summed E-state index contributed by atoms with van der Waals surface area (Å²) in [5.74, 6) is 0.134. The van der Waals surface area contributed by atoms with Crippen LogP contribution in [0.15, 0.2) is 54.9 Å². The molecule has 3 heterocycles. The van der Waals surface area contributed by atoms with Gasteiger partial charge < -0.3 is 20.1 Å². The molecule has 8 nitrogen and oxygen atoms in total. The maximum Gasteiger partial charge on any atom is 0.416 e. The van der Waals surface area contributed by atoms with E-state index in [0.29, 0.717) is 23.3 Å². The molecule has 0 spiro atoms. The maximum absolute atomic E-state index is 13.6. The predicted octanol–water partition coefficient (Wildman–Crippen LogP) is 7.98. The smallest absolute Gasteiger partial charge is 0.416 e. The highest BCUT2D eigenvalue weighted by Crippen LogP contribution is 2.39. The zero-order valence-corrected chi connectivity index (χ0v) is 27.0. The predicted molar refractivity (Wildman–Crippen MR) is 170 cm³/mol. The van der Waals surface area contributed by atoms with Gasteiger partial charge in [-0.15, -0.1) is 11.3 Å². The lowest BCUT2D eigenvalue weighted by atomic mass is 10.0. The van der Waals surface area contributed by atoms with E-state index < -0.39 is 29.4 Å². The van der Waals surface area contributed by atoms with Crippen LogP contribution in [0.25, 0.3) is 16.0 Å². The van der Waals surface area contributed by atoms with Crippen LogP contribution in [-0.2, 0) is 16.7 Å². The van der Waals surface area contributed by atoms with E-state index in [-0.39, 0.29) is 22.3 Å². The van der Waals surface area contributed by atoms with Crippen molar-refractivity contribution in [3.05, 3.63) is 76.4 Å². The molecule has 2 aromatic carbocycles. The highest BCUT2D eigenvalue weighted by Gasteiger charge is 2.35. The third-order valence-electron chi connectivity index (χ3n) is 7.35. The summed E-state index contributed by atoms with van der Waals surface area (Å²) in [4.78, 5) is 31.1. The molecule has 2 aromatic heterocycles. The lowest BCUT2D eigenvalue weighted by molar-refractivity contribution is -0.139. The first-order valence-corrected chi connectivity index (χ1v) is 16.4. The number of hydrogen-bond acceptors (Lipinski definition) is 7. The van der Waals surface area contributed by atoms with Crippen LogP contribution in [0.2, 0.25) is 0 Å². The van der Waals surface area contributed by atoms with Gasteiger partial charge in [-0.1, -0.05) is 24.3 Å². The maximum atomic E-state index is 13.6. The lowest BCUT2D eigenvalue weighted by Gasteiger charge is -2.33. The minimum absolute atomic E-state index is 0.0427. The van der Waals surface area contributed by atoms with E-state index in [2.05, 4.69) is 4.98 Å². The van der Waals surface area contributed by atoms with Crippen molar-refractivity contribution in [2.75, 3.05) is 13.1 Å². The van der Waals surface area contributed by atoms with Crippen molar-refractivity contribution >= 4 is 46.1 Å². The Morgan fingerprint density at radius 1 is 1.11 bits per heavy atom. The van der Waals surface area contributed by atoms with Gasteiger partial charge in [-0.25, -0.2) is 9.78 Å². The second-order valence-electron chi connectivity index (χ2n) is 11.9. The molecule has 1 aliphatic heterocycles. The standard InChI is InChI=1S/C32H35F3N4O4S2/c1-19(22-7-5-6-8-23(22)32(33,34)35)42-26-16-27(45-28(26)29(36)40)39-18-37-24-10-9-20(15-25(24)39)17-44-21-11-13-38(14-12-21)30(41)43-31(2,3)4/h5-10,15-16,18-19,21H,11-14,17H2,1-4H3,(H2,36,40)/t19-/m1/s1. The van der Waals surface area contributed by atoms with Gasteiger partial charge in [0.25, 0.3) is 5.91 Å². The van der Waals surface area contributed by atoms with Crippen LogP contribution >= 0.6 is 23.1 Å². The van der Waals surface area contributed by atoms with Gasteiger partial charge in [-0.05, 0) is 64.3 Å². The Hall–Kier alpha value is -3.71. The molecule has 1 aliphatic rings. The van der Waals surface area contributed by atoms with E-state index in [0.717, 1.165) is 52.6 Å². The number of piperidine rings is 1. The summed E-state index contributed by atoms with van der Waals surface area (Å²) < 4.78 is 54.1. The van der Waals surface area contributed by atoms with Crippen LogP contribution in [0.1, 0.15) is 73.0 Å². The number of ether oxygens (including phenoxy) is 2. The molecule has 240 valence electrons. The first kappa shape index (κ1) is 32.7. The van der Waals surface area contributed by atoms with E-state index in [4.69, 9.17) is 15.2 Å². The van der Waals surface area contributed by atoms with Crippen molar-refractivity contribution in [2.24, 2.45) is 5.73 Å². The zero-order valence-electron chi connectivity index (χ0n) is 25.4. The number of primary amides is 1. The molecule has 2 amide bonds. The van der Waals surface area contributed by atoms with Crippen LogP contribution in [0, 0.1) is 0 Å². The lowest BCUT2D eigenvalue weighted by Crippen LogP contribution is -2.42.